The number of likely N-dealkylation sites (tertiary alicyclic amines) is 1. The lowest BCUT2D eigenvalue weighted by Crippen LogP contribution is -2.61. The zero-order chi connectivity index (χ0) is 72.2. The smallest absolute Gasteiger partial charge is 0.245 e. The van der Waals surface area contributed by atoms with Crippen LogP contribution in [0.15, 0.2) is 15.0 Å². The summed E-state index contributed by atoms with van der Waals surface area (Å²) < 4.78 is 0. The van der Waals surface area contributed by atoms with Crippen LogP contribution < -0.4 is 104 Å². The molecule has 1 aliphatic rings. The average molecular weight is 1350 g/mol. The second kappa shape index (κ2) is 43.2. The maximum absolute atomic E-state index is 14.3. The SMILES string of the molecule is CC(=O)N1CCC[C@H]1C(=O)NCC(=O)N[C@H](C(=O)N[C@@H](CCCN=C(N)N)C(=O)N[C@@H](CC(C)C)C(=O)N[C@@H](CCCN=C(N)N)C(=O)N[C@@H](CO)C(=O)NCC(=O)N[C@@H](CCCN=C(N)N)C(=O)N[C@@H](CO)C(=O)N[C@H](C(=O)NCC(=O)N[C@@H](C)C(N)=O)[C@@H](C)O)C(C)C. The molecule has 536 valence electrons. The van der Waals surface area contributed by atoms with Crippen molar-refractivity contribution in [1.29, 1.82) is 0 Å². The first kappa shape index (κ1) is 83.3. The number of carbonyl (C=O) groups excluding carboxylic acids is 14. The second-order valence-electron chi connectivity index (χ2n) is 23.0. The number of nitrogens with two attached hydrogens (primary N) is 7. The molecule has 95 heavy (non-hydrogen) atoms. The van der Waals surface area contributed by atoms with Crippen molar-refractivity contribution < 1.29 is 82.4 Å². The molecular formula is C55H99N23O17. The number of nitrogens with zero attached hydrogens (tertiary/aromatic N) is 4. The summed E-state index contributed by atoms with van der Waals surface area (Å²) in [7, 11) is 0. The predicted octanol–water partition coefficient (Wildman–Crippen LogP) is -11.6. The normalized spacial score (nSPS) is 15.7. The van der Waals surface area contributed by atoms with Crippen LogP contribution in [0, 0.1) is 11.8 Å². The largest absolute Gasteiger partial charge is 0.394 e. The number of primary amides is 1. The van der Waals surface area contributed by atoms with Gasteiger partial charge in [-0.15, -0.1) is 0 Å². The number of rotatable bonds is 43. The summed E-state index contributed by atoms with van der Waals surface area (Å²) in [6.45, 7) is 6.31. The maximum atomic E-state index is 14.3. The Morgan fingerprint density at radius 3 is 1.28 bits per heavy atom. The number of carbonyl (C=O) groups is 14. The van der Waals surface area contributed by atoms with Gasteiger partial charge in [0.1, 0.15) is 60.4 Å². The van der Waals surface area contributed by atoms with E-state index in [1.165, 1.54) is 18.7 Å². The van der Waals surface area contributed by atoms with Crippen molar-refractivity contribution in [2.45, 2.75) is 173 Å². The van der Waals surface area contributed by atoms with E-state index in [0.717, 1.165) is 6.92 Å². The van der Waals surface area contributed by atoms with Crippen LogP contribution in [0.3, 0.4) is 0 Å². The molecule has 29 N–H and O–H groups in total. The van der Waals surface area contributed by atoms with Crippen molar-refractivity contribution >= 4 is 101 Å². The molecule has 1 aliphatic heterocycles. The van der Waals surface area contributed by atoms with E-state index in [9.17, 15) is 82.4 Å². The molecule has 0 aromatic rings. The van der Waals surface area contributed by atoms with Gasteiger partial charge in [-0.25, -0.2) is 0 Å². The molecular weight excluding hydrogens is 1250 g/mol. The van der Waals surface area contributed by atoms with Gasteiger partial charge in [0.25, 0.3) is 0 Å². The highest BCUT2D eigenvalue weighted by Gasteiger charge is 2.37. The van der Waals surface area contributed by atoms with E-state index in [4.69, 9.17) is 40.1 Å². The van der Waals surface area contributed by atoms with Gasteiger partial charge in [0.05, 0.1) is 39.0 Å². The molecule has 0 bridgehead atoms. The lowest BCUT2D eigenvalue weighted by Gasteiger charge is -2.28. The quantitative estimate of drug-likeness (QED) is 0.0153. The third-order valence-corrected chi connectivity index (χ3v) is 14.1. The summed E-state index contributed by atoms with van der Waals surface area (Å²) in [6.07, 6.45) is -1.07. The van der Waals surface area contributed by atoms with Crippen LogP contribution in [-0.4, -0.2) is 246 Å². The van der Waals surface area contributed by atoms with Crippen LogP contribution in [0.1, 0.15) is 106 Å². The third-order valence-electron chi connectivity index (χ3n) is 14.1. The van der Waals surface area contributed by atoms with E-state index in [1.807, 2.05) is 0 Å². The van der Waals surface area contributed by atoms with Gasteiger partial charge in [-0.3, -0.25) is 82.1 Å². The minimum absolute atomic E-state index is 0.00837. The van der Waals surface area contributed by atoms with Gasteiger partial charge in [-0.2, -0.15) is 0 Å². The number of aliphatic hydroxyl groups is 3. The fourth-order valence-electron chi connectivity index (χ4n) is 9.06. The molecule has 1 heterocycles. The first-order chi connectivity index (χ1) is 44.5. The zero-order valence-electron chi connectivity index (χ0n) is 54.6. The summed E-state index contributed by atoms with van der Waals surface area (Å²) in [5.74, 6) is -14.4. The Morgan fingerprint density at radius 1 is 0.463 bits per heavy atom. The fourth-order valence-corrected chi connectivity index (χ4v) is 9.06. The Labute approximate surface area is 549 Å². The number of nitrogens with one attached hydrogen (secondary N) is 12. The van der Waals surface area contributed by atoms with Gasteiger partial charge in [-0.1, -0.05) is 27.7 Å². The van der Waals surface area contributed by atoms with Gasteiger partial charge < -0.3 is 124 Å². The number of aliphatic hydroxyl groups excluding tert-OH is 3. The first-order valence-corrected chi connectivity index (χ1v) is 30.7. The minimum atomic E-state index is -1.83. The average Bonchev–Trinajstić information content (AvgIpc) is 1.86. The van der Waals surface area contributed by atoms with Crippen LogP contribution in [0.4, 0.5) is 0 Å². The van der Waals surface area contributed by atoms with Crippen LogP contribution in [0.5, 0.6) is 0 Å². The Bertz CT molecular complexity index is 2740. The summed E-state index contributed by atoms with van der Waals surface area (Å²) in [5.41, 5.74) is 37.9. The molecule has 0 aromatic heterocycles. The molecule has 40 nitrogen and oxygen atoms in total. The molecule has 0 aliphatic carbocycles. The monoisotopic (exact) mass is 1350 g/mol. The number of guanidine groups is 3. The van der Waals surface area contributed by atoms with Crippen molar-refractivity contribution in [1.82, 2.24) is 68.7 Å². The molecule has 0 radical (unpaired) electrons. The van der Waals surface area contributed by atoms with Gasteiger partial charge >= 0.3 is 0 Å². The zero-order valence-corrected chi connectivity index (χ0v) is 54.6. The van der Waals surface area contributed by atoms with Crippen LogP contribution >= 0.6 is 0 Å². The summed E-state index contributed by atoms with van der Waals surface area (Å²) >= 11 is 0. The first-order valence-electron chi connectivity index (χ1n) is 30.7. The molecule has 0 aromatic carbocycles. The van der Waals surface area contributed by atoms with Gasteiger partial charge in [-0.05, 0) is 83.5 Å². The number of hydrogen-bond acceptors (Lipinski definition) is 20. The highest BCUT2D eigenvalue weighted by atomic mass is 16.3. The van der Waals surface area contributed by atoms with Crippen LogP contribution in [0.25, 0.3) is 0 Å². The van der Waals surface area contributed by atoms with Crippen molar-refractivity contribution in [2.75, 3.05) is 59.0 Å². The summed E-state index contributed by atoms with van der Waals surface area (Å²) in [4.78, 5) is 198. The summed E-state index contributed by atoms with van der Waals surface area (Å²) in [5, 5.41) is 59.3. The highest BCUT2D eigenvalue weighted by Crippen LogP contribution is 2.17. The minimum Gasteiger partial charge on any atom is -0.394 e. The molecule has 0 unspecified atom stereocenters. The molecule has 1 fully saturated rings. The van der Waals surface area contributed by atoms with E-state index in [2.05, 4.69) is 78.8 Å². The predicted molar refractivity (Wildman–Crippen MR) is 342 cm³/mol. The van der Waals surface area contributed by atoms with Crippen LogP contribution in [0.2, 0.25) is 0 Å². The second-order valence-corrected chi connectivity index (χ2v) is 23.0. The van der Waals surface area contributed by atoms with Gasteiger partial charge in [0.15, 0.2) is 17.9 Å². The molecule has 1 rings (SSSR count). The Kier molecular flexibility index (Phi) is 37.9. The van der Waals surface area contributed by atoms with E-state index in [1.54, 1.807) is 27.7 Å². The molecule has 1 saturated heterocycles. The summed E-state index contributed by atoms with van der Waals surface area (Å²) in [6, 6.07) is -14.4. The van der Waals surface area contributed by atoms with Crippen molar-refractivity contribution in [3.63, 3.8) is 0 Å². The Hall–Kier alpha value is -9.73. The fraction of sp³-hybridized carbons (Fsp3) is 0.691. The number of aliphatic imine (C=N–C) groups is 3. The Morgan fingerprint density at radius 2 is 0.853 bits per heavy atom. The standard InChI is InChI=1S/C55H99N23O17/c1-26(2)20-34(73-46(89)33(14-10-18-65-55(61)62)72-52(95)41(27(3)4)76-40(85)23-67-50(93)37-15-11-19-78(37)30(7)82)48(91)71-32(13-9-17-64-54(59)60)47(90)74-35(24-79)44(87)66-22-39(84)70-31(12-8-16-63-53(57)58)45(88)75-36(25-80)49(92)77-42(29(6)81)51(94)68-21-38(83)69-28(5)43(56)86/h26-29,31-37,41-42,79-81H,8-25H2,1-7H3,(H2,56,86)(H,66,87)(H,67,93)(H,68,94)(H,69,83)(H,70,84)(H,71,91)(H,72,95)(H,73,89)(H,74,90)(H,75,88)(H,76,85)(H,77,92)(H4,57,58,63)(H4,59,60,64)(H4,61,62,65)/t28-,29+,31-,32-,33-,34-,35-,36-,37-,41-,42-/m0/s1. The van der Waals surface area contributed by atoms with Gasteiger partial charge in [0.2, 0.25) is 82.7 Å². The van der Waals surface area contributed by atoms with Crippen molar-refractivity contribution in [2.24, 2.45) is 66.9 Å². The van der Waals surface area contributed by atoms with Gasteiger partial charge in [0, 0.05) is 33.1 Å². The molecule has 11 atom stereocenters. The topological polar surface area (TPSA) is 666 Å². The van der Waals surface area contributed by atoms with E-state index in [-0.39, 0.29) is 94.3 Å². The molecule has 14 amide bonds. The molecule has 0 spiro atoms. The van der Waals surface area contributed by atoms with E-state index >= 15 is 0 Å². The number of amides is 14. The van der Waals surface area contributed by atoms with Crippen molar-refractivity contribution in [3.8, 4) is 0 Å². The highest BCUT2D eigenvalue weighted by molar-refractivity contribution is 5.99. The molecule has 40 heteroatoms. The number of hydrogen-bond donors (Lipinski definition) is 22. The van der Waals surface area contributed by atoms with E-state index in [0.29, 0.717) is 19.4 Å². The van der Waals surface area contributed by atoms with Crippen molar-refractivity contribution in [3.05, 3.63) is 0 Å². The molecule has 0 saturated carbocycles. The van der Waals surface area contributed by atoms with E-state index < -0.39 is 182 Å². The maximum Gasteiger partial charge on any atom is 0.245 e. The van der Waals surface area contributed by atoms with Crippen LogP contribution in [-0.2, 0) is 67.1 Å². The third kappa shape index (κ3) is 32.6. The Balaban J connectivity index is 3.37. The lowest BCUT2D eigenvalue weighted by atomic mass is 10.00. The lowest BCUT2D eigenvalue weighted by molar-refractivity contribution is -0.137.